The van der Waals surface area contributed by atoms with E-state index in [-0.39, 0.29) is 38.0 Å². The highest BCUT2D eigenvalue weighted by atomic mass is 16.6. The van der Waals surface area contributed by atoms with Crippen molar-refractivity contribution in [3.8, 4) is 0 Å². The maximum absolute atomic E-state index is 12.9. The predicted octanol–water partition coefficient (Wildman–Crippen LogP) is 21.4. The molecule has 0 heterocycles. The van der Waals surface area contributed by atoms with Gasteiger partial charge in [-0.25, -0.2) is 0 Å². The van der Waals surface area contributed by atoms with Gasteiger partial charge in [0.1, 0.15) is 13.2 Å². The molecule has 0 aromatic carbocycles. The predicted molar refractivity (Wildman–Crippen MR) is 343 cm³/mol. The van der Waals surface area contributed by atoms with Crippen LogP contribution in [0.5, 0.6) is 0 Å². The lowest BCUT2D eigenvalue weighted by Gasteiger charge is -2.18. The molecule has 6 heteroatoms. The van der Waals surface area contributed by atoms with Gasteiger partial charge in [-0.05, 0) is 141 Å². The molecule has 0 aromatic rings. The van der Waals surface area contributed by atoms with Crippen molar-refractivity contribution in [3.05, 3.63) is 194 Å². The zero-order valence-corrected chi connectivity index (χ0v) is 50.0. The molecule has 1 unspecified atom stereocenters. The smallest absolute Gasteiger partial charge is 0.306 e. The molecule has 0 aromatic heterocycles. The van der Waals surface area contributed by atoms with Gasteiger partial charge in [-0.3, -0.25) is 14.4 Å². The van der Waals surface area contributed by atoms with Crippen molar-refractivity contribution in [1.29, 1.82) is 0 Å². The molecule has 0 saturated heterocycles. The van der Waals surface area contributed by atoms with E-state index in [1.54, 1.807) is 0 Å². The lowest BCUT2D eigenvalue weighted by molar-refractivity contribution is -0.166. The number of allylic oxidation sites excluding steroid dienone is 32. The van der Waals surface area contributed by atoms with Crippen LogP contribution >= 0.6 is 0 Å². The summed E-state index contributed by atoms with van der Waals surface area (Å²) >= 11 is 0. The quantitative estimate of drug-likeness (QED) is 0.0261. The zero-order chi connectivity index (χ0) is 57.1. The Balaban J connectivity index is 4.53. The number of carbonyl (C=O) groups is 3. The summed E-state index contributed by atoms with van der Waals surface area (Å²) in [5, 5.41) is 0. The van der Waals surface area contributed by atoms with Crippen LogP contribution in [0.2, 0.25) is 0 Å². The summed E-state index contributed by atoms with van der Waals surface area (Å²) in [4.78, 5) is 38.2. The Kier molecular flexibility index (Phi) is 60.1. The van der Waals surface area contributed by atoms with Crippen molar-refractivity contribution in [1.82, 2.24) is 0 Å². The Morgan fingerprint density at radius 1 is 0.253 bits per heavy atom. The first-order valence-corrected chi connectivity index (χ1v) is 30.9. The molecule has 6 nitrogen and oxygen atoms in total. The Hall–Kier alpha value is -5.75. The number of hydrogen-bond donors (Lipinski definition) is 0. The minimum Gasteiger partial charge on any atom is -0.462 e. The van der Waals surface area contributed by atoms with Crippen molar-refractivity contribution in [2.75, 3.05) is 13.2 Å². The van der Waals surface area contributed by atoms with Crippen LogP contribution in [-0.2, 0) is 28.6 Å². The molecule has 0 amide bonds. The molecule has 0 bridgehead atoms. The molecule has 1 atom stereocenters. The van der Waals surface area contributed by atoms with Crippen LogP contribution in [0.25, 0.3) is 0 Å². The molecule has 79 heavy (non-hydrogen) atoms. The lowest BCUT2D eigenvalue weighted by Crippen LogP contribution is -2.30. The van der Waals surface area contributed by atoms with Crippen molar-refractivity contribution >= 4 is 17.9 Å². The summed E-state index contributed by atoms with van der Waals surface area (Å²) in [5.74, 6) is -1.10. The third-order valence-corrected chi connectivity index (χ3v) is 12.1. The van der Waals surface area contributed by atoms with Gasteiger partial charge in [0.2, 0.25) is 0 Å². The molecule has 0 radical (unpaired) electrons. The second-order valence-corrected chi connectivity index (χ2v) is 19.5. The molecule has 0 fully saturated rings. The third-order valence-electron chi connectivity index (χ3n) is 12.1. The van der Waals surface area contributed by atoms with Crippen LogP contribution in [0.4, 0.5) is 0 Å². The van der Waals surface area contributed by atoms with Gasteiger partial charge < -0.3 is 14.2 Å². The molecular formula is C73H110O6. The van der Waals surface area contributed by atoms with E-state index in [1.165, 1.54) is 38.5 Å². The highest BCUT2D eigenvalue weighted by Crippen LogP contribution is 2.13. The number of carbonyl (C=O) groups excluding carboxylic acids is 3. The van der Waals surface area contributed by atoms with Gasteiger partial charge in [0, 0.05) is 19.3 Å². The maximum Gasteiger partial charge on any atom is 0.306 e. The Morgan fingerprint density at radius 3 is 0.823 bits per heavy atom. The molecule has 0 aliphatic heterocycles. The summed E-state index contributed by atoms with van der Waals surface area (Å²) in [6.07, 6.45) is 98.8. The van der Waals surface area contributed by atoms with E-state index in [4.69, 9.17) is 14.2 Å². The van der Waals surface area contributed by atoms with Crippen molar-refractivity contribution in [2.24, 2.45) is 0 Å². The SMILES string of the molecule is CC/C=C\C/C=C\C/C=C\C/C=C\C/C=C\C/C=C\C/C=C\CCCC(=O)OC(COC(=O)CC/C=C\C/C=C\C/C=C\C/C=C\CC)COC(=O)CCCCCCCCCCC/C=C\C/C=C\C/C=C\C/C=C\C/C=C\CC. The van der Waals surface area contributed by atoms with E-state index in [2.05, 4.69) is 203 Å². The summed E-state index contributed by atoms with van der Waals surface area (Å²) in [6.45, 7) is 6.16. The van der Waals surface area contributed by atoms with Crippen LogP contribution < -0.4 is 0 Å². The standard InChI is InChI=1S/C73H110O6/c1-4-7-10-13-16-19-22-25-27-29-31-33-35-36-38-39-41-43-45-48-51-54-57-60-63-66-72(75)78-69-70(68-77-71(74)65-62-59-56-53-50-47-24-21-18-15-12-9-6-3)79-73(76)67-64-61-58-55-52-49-46-44-42-40-37-34-32-30-28-26-23-20-17-14-11-8-5-2/h7-12,16-21,25-28,31-34,36,38,40,42,46-47,49-50,55-56,58-59,70H,4-6,13-15,22-24,29-30,35,37,39,41,43-45,48,51-54,57,60-69H2,1-3H3/b10-7-,11-8-,12-9-,19-16-,20-17-,21-18-,27-25-,28-26-,33-31-,34-32-,38-36-,42-40-,49-46-,50-47-,58-55-,59-56-. The fraction of sp³-hybridized carbons (Fsp3) is 0.521. The van der Waals surface area contributed by atoms with Gasteiger partial charge in [-0.1, -0.05) is 260 Å². The Morgan fingerprint density at radius 2 is 0.494 bits per heavy atom. The van der Waals surface area contributed by atoms with Gasteiger partial charge in [0.15, 0.2) is 6.10 Å². The number of ether oxygens (including phenoxy) is 3. The summed E-state index contributed by atoms with van der Waals surface area (Å²) < 4.78 is 16.8. The van der Waals surface area contributed by atoms with Gasteiger partial charge in [0.05, 0.1) is 0 Å². The maximum atomic E-state index is 12.9. The van der Waals surface area contributed by atoms with Crippen LogP contribution in [-0.4, -0.2) is 37.2 Å². The van der Waals surface area contributed by atoms with E-state index in [0.29, 0.717) is 19.3 Å². The fourth-order valence-electron chi connectivity index (χ4n) is 7.59. The van der Waals surface area contributed by atoms with E-state index < -0.39 is 12.1 Å². The van der Waals surface area contributed by atoms with E-state index in [9.17, 15) is 14.4 Å². The van der Waals surface area contributed by atoms with Crippen molar-refractivity contribution < 1.29 is 28.6 Å². The minimum absolute atomic E-state index is 0.137. The molecule has 0 aliphatic carbocycles. The second-order valence-electron chi connectivity index (χ2n) is 19.5. The number of esters is 3. The number of unbranched alkanes of at least 4 members (excludes halogenated alkanes) is 10. The first kappa shape index (κ1) is 73.2. The van der Waals surface area contributed by atoms with Crippen LogP contribution in [0.3, 0.4) is 0 Å². The first-order chi connectivity index (χ1) is 39.0. The molecule has 438 valence electrons. The van der Waals surface area contributed by atoms with E-state index in [0.717, 1.165) is 135 Å². The molecular weight excluding hydrogens is 973 g/mol. The molecule has 0 aliphatic rings. The van der Waals surface area contributed by atoms with Gasteiger partial charge in [-0.2, -0.15) is 0 Å². The van der Waals surface area contributed by atoms with Gasteiger partial charge in [0.25, 0.3) is 0 Å². The van der Waals surface area contributed by atoms with Crippen molar-refractivity contribution in [3.63, 3.8) is 0 Å². The van der Waals surface area contributed by atoms with Gasteiger partial charge >= 0.3 is 17.9 Å². The van der Waals surface area contributed by atoms with E-state index >= 15 is 0 Å². The fourth-order valence-corrected chi connectivity index (χ4v) is 7.59. The topological polar surface area (TPSA) is 78.9 Å². The number of hydrogen-bond acceptors (Lipinski definition) is 6. The highest BCUT2D eigenvalue weighted by molar-refractivity contribution is 5.71. The first-order valence-electron chi connectivity index (χ1n) is 30.9. The lowest BCUT2D eigenvalue weighted by atomic mass is 10.1. The molecule has 0 N–H and O–H groups in total. The average Bonchev–Trinajstić information content (AvgIpc) is 3.45. The molecule has 0 saturated carbocycles. The average molecular weight is 1080 g/mol. The Bertz CT molecular complexity index is 1920. The van der Waals surface area contributed by atoms with Gasteiger partial charge in [-0.15, -0.1) is 0 Å². The second kappa shape index (κ2) is 64.8. The van der Waals surface area contributed by atoms with E-state index in [1.807, 2.05) is 12.2 Å². The highest BCUT2D eigenvalue weighted by Gasteiger charge is 2.19. The van der Waals surface area contributed by atoms with Crippen LogP contribution in [0, 0.1) is 0 Å². The normalized spacial score (nSPS) is 13.5. The molecule has 0 spiro atoms. The summed E-state index contributed by atoms with van der Waals surface area (Å²) in [7, 11) is 0. The number of rotatable bonds is 53. The minimum atomic E-state index is -0.853. The third kappa shape index (κ3) is 63.0. The molecule has 0 rings (SSSR count). The van der Waals surface area contributed by atoms with Crippen LogP contribution in [0.1, 0.15) is 226 Å². The summed E-state index contributed by atoms with van der Waals surface area (Å²) in [5.41, 5.74) is 0. The van der Waals surface area contributed by atoms with Crippen LogP contribution in [0.15, 0.2) is 194 Å². The monoisotopic (exact) mass is 1080 g/mol. The summed E-state index contributed by atoms with van der Waals surface area (Å²) in [6, 6.07) is 0. The zero-order valence-electron chi connectivity index (χ0n) is 50.0. The van der Waals surface area contributed by atoms with Crippen molar-refractivity contribution in [2.45, 2.75) is 232 Å². The largest absolute Gasteiger partial charge is 0.462 e. The Labute approximate surface area is 484 Å².